The lowest BCUT2D eigenvalue weighted by Crippen LogP contribution is -2.13. The van der Waals surface area contributed by atoms with Gasteiger partial charge >= 0.3 is 0 Å². The third-order valence-corrected chi connectivity index (χ3v) is 10.7. The maximum atomic E-state index is 6.62. The van der Waals surface area contributed by atoms with Crippen molar-refractivity contribution in [3.05, 3.63) is 48.5 Å². The van der Waals surface area contributed by atoms with E-state index < -0.39 is 0 Å². The first-order valence-corrected chi connectivity index (χ1v) is 14.0. The molecule has 0 saturated heterocycles. The normalized spacial score (nSPS) is 11.3. The molecule has 0 aliphatic carbocycles. The maximum absolute atomic E-state index is 6.62. The SMILES string of the molecule is CCCP(CCC)c1ccccc1Oc1ccccc1P(CCC)CCC. The van der Waals surface area contributed by atoms with Crippen LogP contribution in [0.2, 0.25) is 0 Å². The van der Waals surface area contributed by atoms with Crippen molar-refractivity contribution in [2.45, 2.75) is 53.4 Å². The second kappa shape index (κ2) is 12.5. The predicted molar refractivity (Wildman–Crippen MR) is 127 cm³/mol. The summed E-state index contributed by atoms with van der Waals surface area (Å²) in [5.41, 5.74) is 0. The zero-order chi connectivity index (χ0) is 19.5. The van der Waals surface area contributed by atoms with E-state index in [1.807, 2.05) is 0 Å². The van der Waals surface area contributed by atoms with E-state index in [4.69, 9.17) is 4.74 Å². The summed E-state index contributed by atoms with van der Waals surface area (Å²) < 4.78 is 6.62. The number of hydrogen-bond donors (Lipinski definition) is 0. The minimum Gasteiger partial charge on any atom is -0.456 e. The number of rotatable bonds is 12. The molecule has 0 amide bonds. The fraction of sp³-hybridized carbons (Fsp3) is 0.500. The van der Waals surface area contributed by atoms with Crippen LogP contribution in [0.5, 0.6) is 11.5 Å². The summed E-state index contributed by atoms with van der Waals surface area (Å²) in [5.74, 6) is 2.17. The molecule has 0 bridgehead atoms. The van der Waals surface area contributed by atoms with E-state index in [9.17, 15) is 0 Å². The van der Waals surface area contributed by atoms with Crippen molar-refractivity contribution in [1.29, 1.82) is 0 Å². The molecule has 0 aromatic heterocycles. The second-order valence-corrected chi connectivity index (χ2v) is 11.9. The van der Waals surface area contributed by atoms with E-state index in [0.717, 1.165) is 11.5 Å². The molecule has 0 spiro atoms. The third kappa shape index (κ3) is 6.58. The maximum Gasteiger partial charge on any atom is 0.135 e. The number of para-hydroxylation sites is 2. The Labute approximate surface area is 169 Å². The van der Waals surface area contributed by atoms with E-state index in [2.05, 4.69) is 76.2 Å². The second-order valence-electron chi connectivity index (χ2n) is 7.01. The summed E-state index contributed by atoms with van der Waals surface area (Å²) in [4.78, 5) is 0. The molecule has 0 heterocycles. The summed E-state index contributed by atoms with van der Waals surface area (Å²) in [6.07, 6.45) is 10.2. The van der Waals surface area contributed by atoms with Crippen molar-refractivity contribution in [2.24, 2.45) is 0 Å². The standard InChI is InChI=1S/C24H36OP2/c1-5-17-26(18-6-2)23-15-11-9-13-21(23)25-22-14-10-12-16-24(22)27(19-7-3)20-8-4/h9-16H,5-8,17-20H2,1-4H3. The van der Waals surface area contributed by atoms with Crippen LogP contribution in [0, 0.1) is 0 Å². The van der Waals surface area contributed by atoms with Gasteiger partial charge in [-0.1, -0.05) is 106 Å². The Bertz CT molecular complexity index is 601. The minimum atomic E-state index is -0.131. The van der Waals surface area contributed by atoms with E-state index in [0.29, 0.717) is 0 Å². The van der Waals surface area contributed by atoms with Crippen molar-refractivity contribution in [1.82, 2.24) is 0 Å². The van der Waals surface area contributed by atoms with Crippen LogP contribution in [-0.4, -0.2) is 24.6 Å². The van der Waals surface area contributed by atoms with Gasteiger partial charge in [0.05, 0.1) is 0 Å². The molecule has 0 saturated carbocycles. The van der Waals surface area contributed by atoms with E-state index in [1.54, 1.807) is 0 Å². The quantitative estimate of drug-likeness (QED) is 0.338. The summed E-state index contributed by atoms with van der Waals surface area (Å²) in [5, 5.41) is 2.89. The van der Waals surface area contributed by atoms with Crippen LogP contribution in [0.25, 0.3) is 0 Å². The van der Waals surface area contributed by atoms with Crippen molar-refractivity contribution in [2.75, 3.05) is 24.6 Å². The van der Waals surface area contributed by atoms with Gasteiger partial charge in [-0.3, -0.25) is 0 Å². The van der Waals surface area contributed by atoms with Gasteiger partial charge in [-0.25, -0.2) is 0 Å². The van der Waals surface area contributed by atoms with E-state index >= 15 is 0 Å². The van der Waals surface area contributed by atoms with Gasteiger partial charge in [-0.2, -0.15) is 0 Å². The Kier molecular flexibility index (Phi) is 10.4. The van der Waals surface area contributed by atoms with Crippen molar-refractivity contribution < 1.29 is 4.74 Å². The molecular formula is C24H36OP2. The average Bonchev–Trinajstić information content (AvgIpc) is 2.69. The topological polar surface area (TPSA) is 9.23 Å². The lowest BCUT2D eigenvalue weighted by Gasteiger charge is -2.23. The van der Waals surface area contributed by atoms with Crippen LogP contribution < -0.4 is 15.3 Å². The lowest BCUT2D eigenvalue weighted by molar-refractivity contribution is 0.490. The molecule has 0 atom stereocenters. The summed E-state index contributed by atoms with van der Waals surface area (Å²) in [6, 6.07) is 17.5. The van der Waals surface area contributed by atoms with Gasteiger partial charge in [0.2, 0.25) is 0 Å². The van der Waals surface area contributed by atoms with Crippen LogP contribution in [0.1, 0.15) is 53.4 Å². The van der Waals surface area contributed by atoms with Crippen LogP contribution in [-0.2, 0) is 0 Å². The lowest BCUT2D eigenvalue weighted by atomic mass is 10.3. The Morgan fingerprint density at radius 3 is 1.22 bits per heavy atom. The first-order chi connectivity index (χ1) is 13.2. The summed E-state index contributed by atoms with van der Waals surface area (Å²) in [6.45, 7) is 9.19. The predicted octanol–water partition coefficient (Wildman–Crippen LogP) is 7.33. The van der Waals surface area contributed by atoms with Gasteiger partial charge in [-0.05, 0) is 36.8 Å². The summed E-state index contributed by atoms with van der Waals surface area (Å²) in [7, 11) is -0.262. The first-order valence-electron chi connectivity index (χ1n) is 10.6. The zero-order valence-electron chi connectivity index (χ0n) is 17.6. The Balaban J connectivity index is 2.35. The third-order valence-electron chi connectivity index (χ3n) is 4.61. The van der Waals surface area contributed by atoms with Crippen LogP contribution in [0.15, 0.2) is 48.5 Å². The smallest absolute Gasteiger partial charge is 0.135 e. The Morgan fingerprint density at radius 2 is 0.889 bits per heavy atom. The summed E-state index contributed by atoms with van der Waals surface area (Å²) >= 11 is 0. The molecule has 3 heteroatoms. The molecular weight excluding hydrogens is 366 g/mol. The van der Waals surface area contributed by atoms with Gasteiger partial charge in [-0.15, -0.1) is 0 Å². The van der Waals surface area contributed by atoms with Crippen molar-refractivity contribution in [3.8, 4) is 11.5 Å². The Hall–Kier alpha value is -0.900. The molecule has 0 N–H and O–H groups in total. The molecule has 1 nitrogen and oxygen atoms in total. The number of benzene rings is 2. The molecule has 2 aromatic rings. The molecule has 0 aliphatic rings. The molecule has 2 aromatic carbocycles. The molecule has 0 fully saturated rings. The minimum absolute atomic E-state index is 0.131. The van der Waals surface area contributed by atoms with Crippen molar-refractivity contribution in [3.63, 3.8) is 0 Å². The van der Waals surface area contributed by atoms with E-state index in [-0.39, 0.29) is 15.8 Å². The van der Waals surface area contributed by atoms with Crippen molar-refractivity contribution >= 4 is 26.5 Å². The molecule has 27 heavy (non-hydrogen) atoms. The first kappa shape index (κ1) is 22.4. The number of ether oxygens (including phenoxy) is 1. The van der Waals surface area contributed by atoms with Crippen LogP contribution in [0.4, 0.5) is 0 Å². The monoisotopic (exact) mass is 402 g/mol. The zero-order valence-corrected chi connectivity index (χ0v) is 19.4. The highest BCUT2D eigenvalue weighted by Gasteiger charge is 2.18. The van der Waals surface area contributed by atoms with Crippen LogP contribution in [0.3, 0.4) is 0 Å². The molecule has 0 aliphatic heterocycles. The highest BCUT2D eigenvalue weighted by Crippen LogP contribution is 2.42. The number of hydrogen-bond acceptors (Lipinski definition) is 1. The fourth-order valence-electron chi connectivity index (χ4n) is 3.51. The molecule has 2 rings (SSSR count). The highest BCUT2D eigenvalue weighted by atomic mass is 31.1. The fourth-order valence-corrected chi connectivity index (χ4v) is 8.54. The van der Waals surface area contributed by atoms with Gasteiger partial charge in [0, 0.05) is 10.6 Å². The van der Waals surface area contributed by atoms with E-state index in [1.165, 1.54) is 60.9 Å². The van der Waals surface area contributed by atoms with Gasteiger partial charge < -0.3 is 4.74 Å². The average molecular weight is 402 g/mol. The van der Waals surface area contributed by atoms with Gasteiger partial charge in [0.15, 0.2) is 0 Å². The van der Waals surface area contributed by atoms with Crippen LogP contribution >= 0.6 is 15.8 Å². The molecule has 0 unspecified atom stereocenters. The molecule has 0 radical (unpaired) electrons. The van der Waals surface area contributed by atoms with Gasteiger partial charge in [0.1, 0.15) is 11.5 Å². The Morgan fingerprint density at radius 1 is 0.556 bits per heavy atom. The largest absolute Gasteiger partial charge is 0.456 e. The molecule has 148 valence electrons. The highest BCUT2D eigenvalue weighted by molar-refractivity contribution is 7.66. The van der Waals surface area contributed by atoms with Gasteiger partial charge in [0.25, 0.3) is 0 Å².